The van der Waals surface area contributed by atoms with Gasteiger partial charge in [-0.25, -0.2) is 15.0 Å². The zero-order chi connectivity index (χ0) is 41.1. The SMILES string of the molecule is N#Cc1ccc(-c2nc3cc(C(F)(F)F)c4c(-c5ccc(-c6cc(C(F)(F)F)cc(C(F)(F)F)c6)cc5)nc5ccccc5c4c3nc2-c2ccc(C#N)cc2)cc1. The number of nitriles is 2. The standard InChI is InChI=1S/C44H20F9N5/c45-42(46,47)30-17-29(18-31(19-30)43(48,49)50)25-13-15-26(16-14-25)38-37-33(44(51,52)53)20-35-41(36(37)32-3-1-2-4-34(32)56-38)58-40(28-11-7-24(22-55)8-12-28)39(57-35)27-9-5-23(21-54)6-10-27/h1-20H. The average molecular weight is 790 g/mol. The van der Waals surface area contributed by atoms with Crippen molar-refractivity contribution >= 4 is 32.7 Å². The molecule has 0 bridgehead atoms. The van der Waals surface area contributed by atoms with Crippen LogP contribution in [0.2, 0.25) is 0 Å². The maximum atomic E-state index is 15.3. The molecule has 0 aliphatic carbocycles. The van der Waals surface area contributed by atoms with Gasteiger partial charge in [0.25, 0.3) is 0 Å². The molecular formula is C44H20F9N5. The summed E-state index contributed by atoms with van der Waals surface area (Å²) in [5, 5.41) is 18.8. The number of pyridine rings is 1. The van der Waals surface area contributed by atoms with E-state index in [1.807, 2.05) is 12.1 Å². The quantitative estimate of drug-likeness (QED) is 0.131. The molecule has 0 fully saturated rings. The third kappa shape index (κ3) is 6.79. The number of nitrogens with zero attached hydrogens (tertiary/aromatic N) is 5. The fourth-order valence-electron chi connectivity index (χ4n) is 6.84. The smallest absolute Gasteiger partial charge is 0.247 e. The number of hydrogen-bond acceptors (Lipinski definition) is 5. The van der Waals surface area contributed by atoms with Crippen LogP contribution < -0.4 is 0 Å². The highest BCUT2D eigenvalue weighted by molar-refractivity contribution is 6.22. The van der Waals surface area contributed by atoms with Crippen molar-refractivity contribution in [1.29, 1.82) is 10.5 Å². The Morgan fingerprint density at radius 2 is 0.879 bits per heavy atom. The first-order chi connectivity index (χ1) is 27.5. The molecule has 0 aliphatic heterocycles. The molecule has 0 radical (unpaired) electrons. The predicted octanol–water partition coefficient (Wildman–Crippen LogP) is 12.8. The Bertz CT molecular complexity index is 2980. The third-order valence-electron chi connectivity index (χ3n) is 9.56. The molecule has 2 aromatic heterocycles. The summed E-state index contributed by atoms with van der Waals surface area (Å²) >= 11 is 0. The minimum atomic E-state index is -5.09. The molecule has 0 saturated carbocycles. The van der Waals surface area contributed by atoms with E-state index in [0.29, 0.717) is 39.8 Å². The zero-order valence-electron chi connectivity index (χ0n) is 29.2. The Balaban J connectivity index is 1.42. The highest BCUT2D eigenvalue weighted by Crippen LogP contribution is 2.46. The van der Waals surface area contributed by atoms with Crippen LogP contribution in [0, 0.1) is 22.7 Å². The van der Waals surface area contributed by atoms with E-state index in [2.05, 4.69) is 4.98 Å². The van der Waals surface area contributed by atoms with E-state index in [0.717, 1.165) is 6.07 Å². The van der Waals surface area contributed by atoms with E-state index in [1.165, 1.54) is 36.4 Å². The monoisotopic (exact) mass is 789 g/mol. The van der Waals surface area contributed by atoms with Gasteiger partial charge in [-0.3, -0.25) is 0 Å². The van der Waals surface area contributed by atoms with Crippen molar-refractivity contribution < 1.29 is 39.5 Å². The van der Waals surface area contributed by atoms with Crippen LogP contribution >= 0.6 is 0 Å². The summed E-state index contributed by atoms with van der Waals surface area (Å²) < 4.78 is 128. The van der Waals surface area contributed by atoms with Gasteiger partial charge >= 0.3 is 18.5 Å². The van der Waals surface area contributed by atoms with Crippen molar-refractivity contribution in [2.75, 3.05) is 0 Å². The molecule has 6 aromatic carbocycles. The summed E-state index contributed by atoms with van der Waals surface area (Å²) in [6.07, 6.45) is -15.2. The highest BCUT2D eigenvalue weighted by atomic mass is 19.4. The lowest BCUT2D eigenvalue weighted by molar-refractivity contribution is -0.143. The van der Waals surface area contributed by atoms with Gasteiger partial charge in [0.1, 0.15) is 0 Å². The lowest BCUT2D eigenvalue weighted by Gasteiger charge is -2.19. The minimum Gasteiger partial charge on any atom is -0.247 e. The van der Waals surface area contributed by atoms with Crippen molar-refractivity contribution in [3.63, 3.8) is 0 Å². The van der Waals surface area contributed by atoms with Crippen molar-refractivity contribution in [3.05, 3.63) is 149 Å². The number of hydrogen-bond donors (Lipinski definition) is 0. The number of aromatic nitrogens is 3. The number of rotatable bonds is 4. The second kappa shape index (κ2) is 13.7. The molecule has 0 saturated heterocycles. The molecule has 8 rings (SSSR count). The predicted molar refractivity (Wildman–Crippen MR) is 199 cm³/mol. The second-order valence-corrected chi connectivity index (χ2v) is 13.2. The van der Waals surface area contributed by atoms with Gasteiger partial charge in [0.15, 0.2) is 0 Å². The van der Waals surface area contributed by atoms with Gasteiger partial charge in [0.05, 0.1) is 73.6 Å². The van der Waals surface area contributed by atoms with Crippen LogP contribution in [0.4, 0.5) is 39.5 Å². The van der Waals surface area contributed by atoms with Gasteiger partial charge in [-0.15, -0.1) is 0 Å². The molecule has 0 atom stereocenters. The Hall–Kier alpha value is -7.32. The first-order valence-corrected chi connectivity index (χ1v) is 17.1. The van der Waals surface area contributed by atoms with Crippen molar-refractivity contribution in [1.82, 2.24) is 15.0 Å². The molecule has 0 N–H and O–H groups in total. The summed E-state index contributed by atoms with van der Waals surface area (Å²) in [6.45, 7) is 0. The molecule has 2 heterocycles. The molecule has 0 amide bonds. The third-order valence-corrected chi connectivity index (χ3v) is 9.56. The Kier molecular flexibility index (Phi) is 8.88. The summed E-state index contributed by atoms with van der Waals surface area (Å²) in [5.41, 5.74) is -2.43. The maximum Gasteiger partial charge on any atom is 0.417 e. The Morgan fingerprint density at radius 3 is 1.40 bits per heavy atom. The fraction of sp³-hybridized carbons (Fsp3) is 0.0682. The van der Waals surface area contributed by atoms with Crippen LogP contribution in [0.1, 0.15) is 27.8 Å². The number of halogens is 9. The van der Waals surface area contributed by atoms with Crippen LogP contribution in [-0.2, 0) is 18.5 Å². The molecule has 284 valence electrons. The van der Waals surface area contributed by atoms with Gasteiger partial charge in [-0.2, -0.15) is 50.0 Å². The maximum absolute atomic E-state index is 15.3. The van der Waals surface area contributed by atoms with Crippen molar-refractivity contribution in [3.8, 4) is 57.0 Å². The Labute approximate surface area is 321 Å². The summed E-state index contributed by atoms with van der Waals surface area (Å²) in [7, 11) is 0. The molecule has 8 aromatic rings. The van der Waals surface area contributed by atoms with Crippen LogP contribution in [0.15, 0.2) is 121 Å². The molecule has 0 spiro atoms. The number of fused-ring (bicyclic) bond motifs is 5. The molecule has 0 aliphatic rings. The molecular weight excluding hydrogens is 770 g/mol. The summed E-state index contributed by atoms with van der Waals surface area (Å²) in [4.78, 5) is 14.4. The van der Waals surface area contributed by atoms with E-state index in [-0.39, 0.29) is 61.6 Å². The molecule has 0 unspecified atom stereocenters. The lowest BCUT2D eigenvalue weighted by Crippen LogP contribution is -2.11. The van der Waals surface area contributed by atoms with Crippen molar-refractivity contribution in [2.24, 2.45) is 0 Å². The number of alkyl halides is 9. The van der Waals surface area contributed by atoms with Crippen LogP contribution in [0.3, 0.4) is 0 Å². The van der Waals surface area contributed by atoms with Gasteiger partial charge in [0.2, 0.25) is 0 Å². The van der Waals surface area contributed by atoms with Crippen LogP contribution in [-0.4, -0.2) is 15.0 Å². The van der Waals surface area contributed by atoms with E-state index in [4.69, 9.17) is 9.97 Å². The zero-order valence-corrected chi connectivity index (χ0v) is 29.2. The van der Waals surface area contributed by atoms with E-state index in [1.54, 1.807) is 60.7 Å². The van der Waals surface area contributed by atoms with Gasteiger partial charge < -0.3 is 0 Å². The average Bonchev–Trinajstić information content (AvgIpc) is 3.21. The first-order valence-electron chi connectivity index (χ1n) is 17.1. The van der Waals surface area contributed by atoms with Crippen molar-refractivity contribution in [2.45, 2.75) is 18.5 Å². The highest BCUT2D eigenvalue weighted by Gasteiger charge is 2.38. The normalized spacial score (nSPS) is 12.2. The minimum absolute atomic E-state index is 0.00892. The van der Waals surface area contributed by atoms with E-state index < -0.39 is 40.8 Å². The molecule has 5 nitrogen and oxygen atoms in total. The molecule has 58 heavy (non-hydrogen) atoms. The topological polar surface area (TPSA) is 86.2 Å². The van der Waals surface area contributed by atoms with E-state index in [9.17, 15) is 36.9 Å². The van der Waals surface area contributed by atoms with Gasteiger partial charge in [-0.05, 0) is 65.7 Å². The van der Waals surface area contributed by atoms with Crippen LogP contribution in [0.25, 0.3) is 77.6 Å². The number of benzene rings is 6. The summed E-state index contributed by atoms with van der Waals surface area (Å²) in [5.74, 6) is 0. The van der Waals surface area contributed by atoms with Gasteiger partial charge in [0, 0.05) is 32.8 Å². The van der Waals surface area contributed by atoms with Gasteiger partial charge in [-0.1, -0.05) is 66.7 Å². The second-order valence-electron chi connectivity index (χ2n) is 13.2. The molecule has 14 heteroatoms. The Morgan fingerprint density at radius 1 is 0.414 bits per heavy atom. The van der Waals surface area contributed by atoms with Crippen LogP contribution in [0.5, 0.6) is 0 Å². The van der Waals surface area contributed by atoms with E-state index >= 15 is 13.2 Å². The lowest BCUT2D eigenvalue weighted by atomic mass is 9.92. The fourth-order valence-corrected chi connectivity index (χ4v) is 6.84. The first kappa shape index (κ1) is 37.6. The summed E-state index contributed by atoms with van der Waals surface area (Å²) in [6, 6.07) is 30.1. The largest absolute Gasteiger partial charge is 0.417 e. The number of para-hydroxylation sites is 1.